The van der Waals surface area contributed by atoms with Crippen LogP contribution in [0.1, 0.15) is 57.5 Å². The molecule has 0 aromatic carbocycles. The fourth-order valence-corrected chi connectivity index (χ4v) is 3.80. The van der Waals surface area contributed by atoms with Gasteiger partial charge >= 0.3 is 0 Å². The Hall–Kier alpha value is -0.380. The van der Waals surface area contributed by atoms with Gasteiger partial charge in [0.05, 0.1) is 6.04 Å². The topological polar surface area (TPSA) is 15.3 Å². The predicted octanol–water partition coefficient (Wildman–Crippen LogP) is 4.22. The molecule has 2 atom stereocenters. The van der Waals surface area contributed by atoms with Crippen molar-refractivity contribution in [1.29, 1.82) is 0 Å². The number of likely N-dealkylation sites (N-methyl/N-ethyl adjacent to an activating group) is 2. The van der Waals surface area contributed by atoms with Crippen LogP contribution in [0.3, 0.4) is 0 Å². The average molecular weight is 282 g/mol. The zero-order chi connectivity index (χ0) is 14.5. The minimum absolute atomic E-state index is 0.174. The summed E-state index contributed by atoms with van der Waals surface area (Å²) in [5.74, 6) is 0. The summed E-state index contributed by atoms with van der Waals surface area (Å²) >= 11 is 1.85. The van der Waals surface area contributed by atoms with Crippen molar-refractivity contribution in [2.75, 3.05) is 19.6 Å². The van der Waals surface area contributed by atoms with E-state index in [0.717, 1.165) is 26.1 Å². The summed E-state index contributed by atoms with van der Waals surface area (Å²) in [6.07, 6.45) is 1.15. The van der Waals surface area contributed by atoms with E-state index in [1.807, 2.05) is 11.3 Å². The quantitative estimate of drug-likeness (QED) is 0.768. The van der Waals surface area contributed by atoms with E-state index in [1.165, 1.54) is 10.4 Å². The first-order valence-corrected chi connectivity index (χ1v) is 8.44. The molecule has 0 fully saturated rings. The van der Waals surface area contributed by atoms with Crippen molar-refractivity contribution >= 4 is 11.3 Å². The summed E-state index contributed by atoms with van der Waals surface area (Å²) in [5, 5.41) is 6.04. The van der Waals surface area contributed by atoms with E-state index < -0.39 is 0 Å². The van der Waals surface area contributed by atoms with Gasteiger partial charge in [0, 0.05) is 10.4 Å². The zero-order valence-electron chi connectivity index (χ0n) is 13.4. The lowest BCUT2D eigenvalue weighted by Gasteiger charge is -2.46. The van der Waals surface area contributed by atoms with Gasteiger partial charge in [-0.3, -0.25) is 4.90 Å². The van der Waals surface area contributed by atoms with E-state index >= 15 is 0 Å². The Kier molecular flexibility index (Phi) is 6.51. The Balaban J connectivity index is 3.13. The summed E-state index contributed by atoms with van der Waals surface area (Å²) in [4.78, 5) is 3.99. The summed E-state index contributed by atoms with van der Waals surface area (Å²) in [7, 11) is 0. The molecule has 1 N–H and O–H groups in total. The molecule has 1 rings (SSSR count). The fourth-order valence-electron chi connectivity index (χ4n) is 3.07. The minimum Gasteiger partial charge on any atom is -0.309 e. The summed E-state index contributed by atoms with van der Waals surface area (Å²) < 4.78 is 0. The Morgan fingerprint density at radius 3 is 2.26 bits per heavy atom. The summed E-state index contributed by atoms with van der Waals surface area (Å²) in [6, 6.07) is 2.75. The van der Waals surface area contributed by atoms with Crippen molar-refractivity contribution in [2.45, 2.75) is 59.5 Å². The molecule has 0 aliphatic carbocycles. The van der Waals surface area contributed by atoms with Crippen LogP contribution in [0.2, 0.25) is 0 Å². The van der Waals surface area contributed by atoms with Gasteiger partial charge in [-0.1, -0.05) is 27.7 Å². The highest BCUT2D eigenvalue weighted by atomic mass is 32.1. The maximum absolute atomic E-state index is 3.72. The van der Waals surface area contributed by atoms with Crippen LogP contribution in [-0.2, 0) is 0 Å². The number of hydrogen-bond acceptors (Lipinski definition) is 3. The third kappa shape index (κ3) is 3.59. The Morgan fingerprint density at radius 2 is 1.89 bits per heavy atom. The van der Waals surface area contributed by atoms with Gasteiger partial charge in [0.2, 0.25) is 0 Å². The fraction of sp³-hybridized carbons (Fsp3) is 0.750. The summed E-state index contributed by atoms with van der Waals surface area (Å²) in [6.45, 7) is 16.8. The molecule has 0 aliphatic heterocycles. The standard InChI is InChI=1S/C16H30N2S/c1-7-16(6,18(9-3)10-4)15(17-8-2)14-11-13(5)19-12-14/h11-12,15,17H,7-10H2,1-6H3. The van der Waals surface area contributed by atoms with Crippen LogP contribution in [0.15, 0.2) is 11.4 Å². The monoisotopic (exact) mass is 282 g/mol. The van der Waals surface area contributed by atoms with Crippen LogP contribution in [0, 0.1) is 6.92 Å². The van der Waals surface area contributed by atoms with E-state index in [0.29, 0.717) is 6.04 Å². The van der Waals surface area contributed by atoms with Gasteiger partial charge in [0.25, 0.3) is 0 Å². The average Bonchev–Trinajstić information content (AvgIpc) is 2.83. The minimum atomic E-state index is 0.174. The maximum atomic E-state index is 3.72. The first-order valence-electron chi connectivity index (χ1n) is 7.56. The third-order valence-electron chi connectivity index (χ3n) is 4.32. The normalized spacial score (nSPS) is 16.6. The molecule has 110 valence electrons. The van der Waals surface area contributed by atoms with Crippen molar-refractivity contribution in [3.63, 3.8) is 0 Å². The molecule has 0 bridgehead atoms. The highest BCUT2D eigenvalue weighted by Gasteiger charge is 2.37. The number of thiophene rings is 1. The SMILES string of the molecule is CCNC(c1csc(C)c1)C(C)(CC)N(CC)CC. The first kappa shape index (κ1) is 16.7. The van der Waals surface area contributed by atoms with Gasteiger partial charge < -0.3 is 5.32 Å². The number of nitrogens with one attached hydrogen (secondary N) is 1. The lowest BCUT2D eigenvalue weighted by molar-refractivity contribution is 0.0706. The first-order chi connectivity index (χ1) is 9.03. The number of rotatable bonds is 8. The Bertz CT molecular complexity index is 371. The van der Waals surface area contributed by atoms with Crippen LogP contribution in [0.25, 0.3) is 0 Å². The molecule has 0 spiro atoms. The molecule has 0 amide bonds. The van der Waals surface area contributed by atoms with Crippen molar-refractivity contribution in [3.05, 3.63) is 21.9 Å². The lowest BCUT2D eigenvalue weighted by Crippen LogP contribution is -2.54. The van der Waals surface area contributed by atoms with Crippen LogP contribution < -0.4 is 5.32 Å². The van der Waals surface area contributed by atoms with Gasteiger partial charge in [0.15, 0.2) is 0 Å². The van der Waals surface area contributed by atoms with Gasteiger partial charge in [-0.25, -0.2) is 0 Å². The Morgan fingerprint density at radius 1 is 1.26 bits per heavy atom. The van der Waals surface area contributed by atoms with E-state index in [9.17, 15) is 0 Å². The molecule has 1 aromatic heterocycles. The van der Waals surface area contributed by atoms with Crippen LogP contribution in [0.5, 0.6) is 0 Å². The second kappa shape index (κ2) is 7.41. The van der Waals surface area contributed by atoms with E-state index in [4.69, 9.17) is 0 Å². The molecule has 2 unspecified atom stereocenters. The molecule has 1 heterocycles. The Labute approximate surface area is 123 Å². The smallest absolute Gasteiger partial charge is 0.0512 e. The van der Waals surface area contributed by atoms with Crippen LogP contribution in [0.4, 0.5) is 0 Å². The van der Waals surface area contributed by atoms with Gasteiger partial charge in [0.1, 0.15) is 0 Å². The molecule has 0 radical (unpaired) electrons. The molecule has 0 aliphatic rings. The largest absolute Gasteiger partial charge is 0.309 e. The van der Waals surface area contributed by atoms with E-state index in [1.54, 1.807) is 0 Å². The third-order valence-corrected chi connectivity index (χ3v) is 5.20. The molecule has 0 saturated carbocycles. The van der Waals surface area contributed by atoms with E-state index in [2.05, 4.69) is 63.2 Å². The predicted molar refractivity (Wildman–Crippen MR) is 87.1 cm³/mol. The van der Waals surface area contributed by atoms with E-state index in [-0.39, 0.29) is 5.54 Å². The highest BCUT2D eigenvalue weighted by molar-refractivity contribution is 7.10. The van der Waals surface area contributed by atoms with Gasteiger partial charge in [-0.05, 0) is 56.9 Å². The van der Waals surface area contributed by atoms with Crippen molar-refractivity contribution in [1.82, 2.24) is 10.2 Å². The maximum Gasteiger partial charge on any atom is 0.0512 e. The zero-order valence-corrected chi connectivity index (χ0v) is 14.2. The van der Waals surface area contributed by atoms with Crippen LogP contribution >= 0.6 is 11.3 Å². The second-order valence-corrected chi connectivity index (χ2v) is 6.48. The molecule has 3 heteroatoms. The second-order valence-electron chi connectivity index (χ2n) is 5.36. The lowest BCUT2D eigenvalue weighted by atomic mass is 9.83. The molecular weight excluding hydrogens is 252 g/mol. The molecule has 19 heavy (non-hydrogen) atoms. The van der Waals surface area contributed by atoms with Crippen LogP contribution in [-0.4, -0.2) is 30.1 Å². The van der Waals surface area contributed by atoms with Gasteiger partial charge in [-0.2, -0.15) is 0 Å². The van der Waals surface area contributed by atoms with Crippen molar-refractivity contribution in [2.24, 2.45) is 0 Å². The van der Waals surface area contributed by atoms with Crippen molar-refractivity contribution in [3.8, 4) is 0 Å². The molecule has 0 saturated heterocycles. The number of aryl methyl sites for hydroxylation is 1. The number of hydrogen-bond donors (Lipinski definition) is 1. The summed E-state index contributed by atoms with van der Waals surface area (Å²) in [5.41, 5.74) is 1.62. The number of nitrogens with zero attached hydrogens (tertiary/aromatic N) is 1. The van der Waals surface area contributed by atoms with Crippen molar-refractivity contribution < 1.29 is 0 Å². The highest BCUT2D eigenvalue weighted by Crippen LogP contribution is 2.35. The molecule has 2 nitrogen and oxygen atoms in total. The molecular formula is C16H30N2S. The van der Waals surface area contributed by atoms with Gasteiger partial charge in [-0.15, -0.1) is 11.3 Å². The molecule has 1 aromatic rings.